The van der Waals surface area contributed by atoms with Crippen molar-refractivity contribution in [1.29, 1.82) is 0 Å². The van der Waals surface area contributed by atoms with Gasteiger partial charge in [0.25, 0.3) is 0 Å². The molecule has 194 valence electrons. The van der Waals surface area contributed by atoms with E-state index in [9.17, 15) is 0 Å². The van der Waals surface area contributed by atoms with Crippen LogP contribution in [0.5, 0.6) is 0 Å². The Morgan fingerprint density at radius 3 is 1.34 bits per heavy atom. The second-order valence-corrected chi connectivity index (χ2v) is 9.87. The van der Waals surface area contributed by atoms with Gasteiger partial charge in [0.15, 0.2) is 0 Å². The van der Waals surface area contributed by atoms with Crippen LogP contribution in [-0.2, 0) is 0 Å². The van der Waals surface area contributed by atoms with Gasteiger partial charge in [-0.3, -0.25) is 0 Å². The molecular formula is C38H27N3. The summed E-state index contributed by atoms with van der Waals surface area (Å²) in [6, 6.07) is 56.6. The minimum Gasteiger partial charge on any atom is -0.311 e. The highest BCUT2D eigenvalue weighted by Gasteiger charge is 2.18. The summed E-state index contributed by atoms with van der Waals surface area (Å²) in [6.45, 7) is 0. The molecule has 7 rings (SSSR count). The largest absolute Gasteiger partial charge is 0.311 e. The Kier molecular flexibility index (Phi) is 6.52. The molecule has 3 nitrogen and oxygen atoms in total. The first-order chi connectivity index (χ1) is 20.3. The Labute approximate surface area is 240 Å². The highest BCUT2D eigenvalue weighted by Crippen LogP contribution is 2.39. The smallest absolute Gasteiger partial charge is 0.0979 e. The van der Waals surface area contributed by atoms with Crippen molar-refractivity contribution in [2.75, 3.05) is 4.90 Å². The van der Waals surface area contributed by atoms with E-state index in [1.807, 2.05) is 42.5 Å². The number of benzene rings is 6. The zero-order valence-corrected chi connectivity index (χ0v) is 22.4. The Morgan fingerprint density at radius 1 is 0.317 bits per heavy atom. The fraction of sp³-hybridized carbons (Fsp3) is 0. The molecule has 1 aromatic heterocycles. The predicted molar refractivity (Wildman–Crippen MR) is 171 cm³/mol. The van der Waals surface area contributed by atoms with E-state index in [0.29, 0.717) is 0 Å². The van der Waals surface area contributed by atoms with E-state index in [4.69, 9.17) is 9.97 Å². The van der Waals surface area contributed by atoms with E-state index in [1.165, 1.54) is 0 Å². The van der Waals surface area contributed by atoms with Crippen molar-refractivity contribution in [3.05, 3.63) is 164 Å². The predicted octanol–water partition coefficient (Wildman–Crippen LogP) is 10.1. The van der Waals surface area contributed by atoms with Crippen molar-refractivity contribution in [1.82, 2.24) is 9.97 Å². The molecule has 0 aliphatic heterocycles. The van der Waals surface area contributed by atoms with Gasteiger partial charge in [-0.25, -0.2) is 9.97 Å². The summed E-state index contributed by atoms with van der Waals surface area (Å²) >= 11 is 0. The number of para-hydroxylation sites is 4. The zero-order valence-electron chi connectivity index (χ0n) is 22.4. The van der Waals surface area contributed by atoms with Crippen molar-refractivity contribution in [2.24, 2.45) is 0 Å². The van der Waals surface area contributed by atoms with Gasteiger partial charge < -0.3 is 4.90 Å². The average Bonchev–Trinajstić information content (AvgIpc) is 3.06. The standard InChI is InChI=1S/C38H27N3/c1-4-14-28(15-5-1)33-20-10-11-21-34(33)38-37(39-35-22-12-13-23-36(35)40-38)29-24-26-32(27-25-29)41(30-16-6-2-7-17-30)31-18-8-3-9-19-31/h1-27H. The highest BCUT2D eigenvalue weighted by molar-refractivity contribution is 5.92. The van der Waals surface area contributed by atoms with Crippen LogP contribution >= 0.6 is 0 Å². The van der Waals surface area contributed by atoms with Crippen LogP contribution < -0.4 is 4.90 Å². The first-order valence-corrected chi connectivity index (χ1v) is 13.8. The Balaban J connectivity index is 1.38. The number of hydrogen-bond acceptors (Lipinski definition) is 3. The van der Waals surface area contributed by atoms with Crippen LogP contribution in [-0.4, -0.2) is 9.97 Å². The van der Waals surface area contributed by atoms with E-state index in [-0.39, 0.29) is 0 Å². The molecule has 0 fully saturated rings. The van der Waals surface area contributed by atoms with Gasteiger partial charge in [-0.2, -0.15) is 0 Å². The molecule has 0 amide bonds. The summed E-state index contributed by atoms with van der Waals surface area (Å²) in [4.78, 5) is 12.6. The summed E-state index contributed by atoms with van der Waals surface area (Å²) < 4.78 is 0. The Hall–Kier alpha value is -5.54. The van der Waals surface area contributed by atoms with Gasteiger partial charge in [0.2, 0.25) is 0 Å². The number of rotatable bonds is 6. The van der Waals surface area contributed by atoms with Gasteiger partial charge in [-0.15, -0.1) is 0 Å². The summed E-state index contributed by atoms with van der Waals surface area (Å²) in [5.41, 5.74) is 11.2. The van der Waals surface area contributed by atoms with Gasteiger partial charge in [0.1, 0.15) is 0 Å². The molecule has 0 atom stereocenters. The third kappa shape index (κ3) is 4.86. The molecule has 3 heteroatoms. The molecule has 0 spiro atoms. The van der Waals surface area contributed by atoms with Crippen molar-refractivity contribution >= 4 is 28.1 Å². The zero-order chi connectivity index (χ0) is 27.4. The molecule has 41 heavy (non-hydrogen) atoms. The normalized spacial score (nSPS) is 10.9. The van der Waals surface area contributed by atoms with Crippen LogP contribution in [0.15, 0.2) is 164 Å². The molecule has 0 aliphatic rings. The van der Waals surface area contributed by atoms with E-state index < -0.39 is 0 Å². The first kappa shape index (κ1) is 24.5. The first-order valence-electron chi connectivity index (χ1n) is 13.8. The van der Waals surface area contributed by atoms with Crippen LogP contribution in [0.3, 0.4) is 0 Å². The fourth-order valence-corrected chi connectivity index (χ4v) is 5.32. The molecular weight excluding hydrogens is 498 g/mol. The van der Waals surface area contributed by atoms with Gasteiger partial charge in [-0.05, 0) is 59.7 Å². The van der Waals surface area contributed by atoms with Crippen molar-refractivity contribution < 1.29 is 0 Å². The minimum atomic E-state index is 0.865. The molecule has 0 radical (unpaired) electrons. The Morgan fingerprint density at radius 2 is 0.756 bits per heavy atom. The number of hydrogen-bond donors (Lipinski definition) is 0. The molecule has 0 bridgehead atoms. The summed E-state index contributed by atoms with van der Waals surface area (Å²) in [7, 11) is 0. The van der Waals surface area contributed by atoms with Gasteiger partial charge in [0, 0.05) is 28.2 Å². The molecule has 6 aromatic carbocycles. The number of fused-ring (bicyclic) bond motifs is 1. The van der Waals surface area contributed by atoms with Crippen LogP contribution in [0, 0.1) is 0 Å². The monoisotopic (exact) mass is 525 g/mol. The third-order valence-electron chi connectivity index (χ3n) is 7.27. The molecule has 1 heterocycles. The fourth-order valence-electron chi connectivity index (χ4n) is 5.32. The maximum absolute atomic E-state index is 5.19. The lowest BCUT2D eigenvalue weighted by atomic mass is 9.94. The van der Waals surface area contributed by atoms with Crippen LogP contribution in [0.4, 0.5) is 17.1 Å². The average molecular weight is 526 g/mol. The molecule has 7 aromatic rings. The topological polar surface area (TPSA) is 29.0 Å². The van der Waals surface area contributed by atoms with Gasteiger partial charge in [-0.1, -0.05) is 115 Å². The van der Waals surface area contributed by atoms with E-state index in [1.54, 1.807) is 0 Å². The van der Waals surface area contributed by atoms with E-state index in [0.717, 1.165) is 61.7 Å². The lowest BCUT2D eigenvalue weighted by Gasteiger charge is -2.25. The van der Waals surface area contributed by atoms with Gasteiger partial charge >= 0.3 is 0 Å². The number of anilines is 3. The summed E-state index contributed by atoms with van der Waals surface area (Å²) in [6.07, 6.45) is 0. The molecule has 0 unspecified atom stereocenters. The summed E-state index contributed by atoms with van der Waals surface area (Å²) in [5.74, 6) is 0. The minimum absolute atomic E-state index is 0.865. The second kappa shape index (κ2) is 10.9. The van der Waals surface area contributed by atoms with E-state index >= 15 is 0 Å². The second-order valence-electron chi connectivity index (χ2n) is 9.87. The van der Waals surface area contributed by atoms with Crippen molar-refractivity contribution in [2.45, 2.75) is 0 Å². The van der Waals surface area contributed by atoms with Crippen molar-refractivity contribution in [3.63, 3.8) is 0 Å². The quantitative estimate of drug-likeness (QED) is 0.216. The maximum atomic E-state index is 5.19. The third-order valence-corrected chi connectivity index (χ3v) is 7.27. The van der Waals surface area contributed by atoms with Crippen LogP contribution in [0.1, 0.15) is 0 Å². The Bertz CT molecular complexity index is 1880. The highest BCUT2D eigenvalue weighted by atomic mass is 15.1. The van der Waals surface area contributed by atoms with Crippen molar-refractivity contribution in [3.8, 4) is 33.6 Å². The lowest BCUT2D eigenvalue weighted by molar-refractivity contribution is 1.27. The van der Waals surface area contributed by atoms with Crippen LogP contribution in [0.25, 0.3) is 44.7 Å². The molecule has 0 aliphatic carbocycles. The lowest BCUT2D eigenvalue weighted by Crippen LogP contribution is -2.09. The molecule has 0 saturated heterocycles. The van der Waals surface area contributed by atoms with E-state index in [2.05, 4.69) is 126 Å². The SMILES string of the molecule is c1ccc(-c2ccccc2-c2nc3ccccc3nc2-c2ccc(N(c3ccccc3)c3ccccc3)cc2)cc1. The van der Waals surface area contributed by atoms with Crippen LogP contribution in [0.2, 0.25) is 0 Å². The maximum Gasteiger partial charge on any atom is 0.0979 e. The molecule has 0 N–H and O–H groups in total. The number of nitrogens with zero attached hydrogens (tertiary/aromatic N) is 3. The van der Waals surface area contributed by atoms with Gasteiger partial charge in [0.05, 0.1) is 22.4 Å². The molecule has 0 saturated carbocycles. The number of aromatic nitrogens is 2. The summed E-state index contributed by atoms with van der Waals surface area (Å²) in [5, 5.41) is 0.